The number of aryl methyl sites for hydroxylation is 1. The molecule has 10 heteroatoms. The van der Waals surface area contributed by atoms with Crippen molar-refractivity contribution in [2.24, 2.45) is 0 Å². The highest BCUT2D eigenvalue weighted by atomic mass is 16.2. The molecule has 2 saturated carbocycles. The molecule has 4 aromatic heterocycles. The van der Waals surface area contributed by atoms with E-state index >= 15 is 0 Å². The number of urea groups is 1. The molecule has 5 aromatic rings. The van der Waals surface area contributed by atoms with Crippen molar-refractivity contribution in [3.05, 3.63) is 89.5 Å². The predicted octanol–water partition coefficient (Wildman–Crippen LogP) is 4.80. The number of rotatable bonds is 7. The van der Waals surface area contributed by atoms with Crippen LogP contribution in [0.1, 0.15) is 65.5 Å². The van der Waals surface area contributed by atoms with Gasteiger partial charge in [0, 0.05) is 52.9 Å². The number of aromatic nitrogens is 5. The van der Waals surface area contributed by atoms with Gasteiger partial charge in [-0.3, -0.25) is 20.0 Å². The molecule has 3 amide bonds. The smallest absolute Gasteiger partial charge is 0.329 e. The molecule has 1 aromatic carbocycles. The summed E-state index contributed by atoms with van der Waals surface area (Å²) in [5, 5.41) is 6.96. The third-order valence-corrected chi connectivity index (χ3v) is 8.24. The fourth-order valence-electron chi connectivity index (χ4n) is 5.81. The predicted molar refractivity (Wildman–Crippen MR) is 154 cm³/mol. The molecule has 1 aliphatic heterocycles. The van der Waals surface area contributed by atoms with E-state index in [0.717, 1.165) is 58.8 Å². The first-order valence-electron chi connectivity index (χ1n) is 14.1. The third kappa shape index (κ3) is 4.45. The van der Waals surface area contributed by atoms with Crippen molar-refractivity contribution in [1.29, 1.82) is 0 Å². The molecule has 41 heavy (non-hydrogen) atoms. The Morgan fingerprint density at radius 1 is 1.00 bits per heavy atom. The van der Waals surface area contributed by atoms with E-state index in [9.17, 15) is 9.59 Å². The molecule has 2 aliphatic carbocycles. The van der Waals surface area contributed by atoms with Gasteiger partial charge in [0.15, 0.2) is 5.65 Å². The number of imide groups is 1. The lowest BCUT2D eigenvalue weighted by Crippen LogP contribution is -2.28. The molecule has 3 fully saturated rings. The second kappa shape index (κ2) is 9.09. The van der Waals surface area contributed by atoms with Gasteiger partial charge in [0.2, 0.25) is 5.91 Å². The summed E-state index contributed by atoms with van der Waals surface area (Å²) in [6.45, 7) is 2.51. The number of fused-ring (bicyclic) bond motifs is 2. The molecule has 0 unspecified atom stereocenters. The lowest BCUT2D eigenvalue weighted by Gasteiger charge is -2.15. The fourth-order valence-corrected chi connectivity index (χ4v) is 5.81. The Morgan fingerprint density at radius 3 is 2.68 bits per heavy atom. The molecule has 8 rings (SSSR count). The van der Waals surface area contributed by atoms with Crippen LogP contribution in [0.15, 0.2) is 61.1 Å². The van der Waals surface area contributed by atoms with Gasteiger partial charge >= 0.3 is 6.03 Å². The normalized spacial score (nSPS) is 20.2. The van der Waals surface area contributed by atoms with Gasteiger partial charge in [-0.1, -0.05) is 12.1 Å². The van der Waals surface area contributed by atoms with Gasteiger partial charge in [0.1, 0.15) is 12.4 Å². The molecule has 1 saturated heterocycles. The van der Waals surface area contributed by atoms with Crippen LogP contribution in [0.25, 0.3) is 16.6 Å². The van der Waals surface area contributed by atoms with Gasteiger partial charge in [-0.05, 0) is 68.0 Å². The van der Waals surface area contributed by atoms with Crippen molar-refractivity contribution in [3.63, 3.8) is 0 Å². The topological polar surface area (TPSA) is 117 Å². The summed E-state index contributed by atoms with van der Waals surface area (Å²) in [7, 11) is 0. The number of hydrogen-bond acceptors (Lipinski definition) is 7. The fraction of sp³-hybridized carbons (Fsp3) is 0.290. The van der Waals surface area contributed by atoms with E-state index in [1.165, 1.54) is 10.5 Å². The van der Waals surface area contributed by atoms with Crippen molar-refractivity contribution < 1.29 is 9.59 Å². The molecule has 204 valence electrons. The second-order valence-corrected chi connectivity index (χ2v) is 11.3. The van der Waals surface area contributed by atoms with Gasteiger partial charge in [-0.15, -0.1) is 0 Å². The maximum Gasteiger partial charge on any atom is 0.329 e. The Hall–Kier alpha value is -4.86. The zero-order chi connectivity index (χ0) is 27.7. The van der Waals surface area contributed by atoms with Crippen molar-refractivity contribution in [1.82, 2.24) is 29.7 Å². The van der Waals surface area contributed by atoms with E-state index < -0.39 is 6.03 Å². The first-order chi connectivity index (χ1) is 20.0. The van der Waals surface area contributed by atoms with E-state index in [1.54, 1.807) is 0 Å². The Labute approximate surface area is 235 Å². The quantitative estimate of drug-likeness (QED) is 0.283. The third-order valence-electron chi connectivity index (χ3n) is 8.24. The number of nitrogens with one attached hydrogen (secondary N) is 2. The molecule has 3 aliphatic rings. The first kappa shape index (κ1) is 24.0. The van der Waals surface area contributed by atoms with Crippen molar-refractivity contribution in [2.75, 3.05) is 16.8 Å². The number of imidazole rings is 1. The number of nitrogens with zero attached hydrogens (tertiary/aromatic N) is 6. The van der Waals surface area contributed by atoms with Crippen molar-refractivity contribution in [3.8, 4) is 0 Å². The van der Waals surface area contributed by atoms with Crippen LogP contribution in [-0.4, -0.2) is 42.8 Å². The summed E-state index contributed by atoms with van der Waals surface area (Å²) in [6, 6.07) is 14.0. The van der Waals surface area contributed by atoms with Gasteiger partial charge in [-0.2, -0.15) is 0 Å². The van der Waals surface area contributed by atoms with Crippen molar-refractivity contribution in [2.45, 2.75) is 50.5 Å². The summed E-state index contributed by atoms with van der Waals surface area (Å²) >= 11 is 0. The van der Waals surface area contributed by atoms with Crippen LogP contribution in [0.5, 0.6) is 0 Å². The van der Waals surface area contributed by atoms with E-state index in [0.29, 0.717) is 35.6 Å². The number of benzene rings is 1. The average molecular weight is 545 g/mol. The molecular weight excluding hydrogens is 516 g/mol. The Kier molecular flexibility index (Phi) is 5.31. The minimum atomic E-state index is -0.403. The summed E-state index contributed by atoms with van der Waals surface area (Å²) in [5.74, 6) is 1.77. The lowest BCUT2D eigenvalue weighted by atomic mass is 10.1. The molecule has 0 spiro atoms. The van der Waals surface area contributed by atoms with E-state index in [1.807, 2.05) is 35.9 Å². The van der Waals surface area contributed by atoms with Crippen LogP contribution >= 0.6 is 0 Å². The molecule has 5 heterocycles. The van der Waals surface area contributed by atoms with E-state index in [4.69, 9.17) is 9.97 Å². The molecule has 10 nitrogen and oxygen atoms in total. The molecular formula is C31H28N8O2. The first-order valence-corrected chi connectivity index (χ1v) is 14.1. The largest absolute Gasteiger partial charge is 0.379 e. The highest BCUT2D eigenvalue weighted by molar-refractivity contribution is 6.13. The Balaban J connectivity index is 1.03. The summed E-state index contributed by atoms with van der Waals surface area (Å²) < 4.78 is 1.98. The van der Waals surface area contributed by atoms with Crippen molar-refractivity contribution >= 4 is 39.9 Å². The van der Waals surface area contributed by atoms with Crippen LogP contribution in [0.4, 0.5) is 16.2 Å². The molecule has 2 atom stereocenters. The monoisotopic (exact) mass is 544 g/mol. The van der Waals surface area contributed by atoms with Gasteiger partial charge in [0.05, 0.1) is 23.4 Å². The Bertz CT molecular complexity index is 1880. The zero-order valence-corrected chi connectivity index (χ0v) is 22.5. The van der Waals surface area contributed by atoms with Gasteiger partial charge in [0.25, 0.3) is 0 Å². The maximum atomic E-state index is 12.5. The highest BCUT2D eigenvalue weighted by Gasteiger charge is 2.42. The highest BCUT2D eigenvalue weighted by Crippen LogP contribution is 2.53. The minimum Gasteiger partial charge on any atom is -0.379 e. The molecule has 0 bridgehead atoms. The van der Waals surface area contributed by atoms with Crippen LogP contribution in [0, 0.1) is 6.92 Å². The lowest BCUT2D eigenvalue weighted by molar-refractivity contribution is -0.117. The standard InChI is InChI=1S/C31H28N8O2/c1-17-8-9-32-29(34-17)24-12-23(24)25-7-5-19-4-6-21(11-26(19)36-25)33-13-22-15-38-14-20(18-2-3-18)10-27(30(38)35-22)39-16-28(40)37-31(39)41/h4-11,14-15,18,23-24,33H,2-3,12-13,16H2,1H3,(H,37,40,41)/t23-,24-/m0/s1. The van der Waals surface area contributed by atoms with Crippen LogP contribution in [0.3, 0.4) is 0 Å². The number of hydrogen-bond donors (Lipinski definition) is 2. The van der Waals surface area contributed by atoms with Gasteiger partial charge in [-0.25, -0.2) is 19.7 Å². The zero-order valence-electron chi connectivity index (χ0n) is 22.5. The molecule has 2 N–H and O–H groups in total. The molecule has 0 radical (unpaired) electrons. The number of amides is 3. The van der Waals surface area contributed by atoms with Gasteiger partial charge < -0.3 is 9.72 Å². The summed E-state index contributed by atoms with van der Waals surface area (Å²) in [5.41, 5.74) is 7.30. The van der Waals surface area contributed by atoms with E-state index in [-0.39, 0.29) is 12.5 Å². The van der Waals surface area contributed by atoms with Crippen LogP contribution in [0.2, 0.25) is 0 Å². The average Bonchev–Trinajstić information content (AvgIpc) is 3.89. The second-order valence-electron chi connectivity index (χ2n) is 11.3. The summed E-state index contributed by atoms with van der Waals surface area (Å²) in [4.78, 5) is 44.8. The van der Waals surface area contributed by atoms with Crippen LogP contribution < -0.4 is 15.5 Å². The number of anilines is 2. The van der Waals surface area contributed by atoms with E-state index in [2.05, 4.69) is 57.1 Å². The van der Waals surface area contributed by atoms with Crippen LogP contribution in [-0.2, 0) is 11.3 Å². The number of carbonyl (C=O) groups is 2. The Morgan fingerprint density at radius 2 is 1.88 bits per heavy atom. The summed E-state index contributed by atoms with van der Waals surface area (Å²) in [6.07, 6.45) is 9.21. The number of pyridine rings is 2. The minimum absolute atomic E-state index is 0.00868. The number of carbonyl (C=O) groups excluding carboxylic acids is 2. The SMILES string of the molecule is Cc1ccnc([C@H]2C[C@@H]2c2ccc3ccc(NCc4cn5cc(C6CC6)cc(N6CC(=O)NC6=O)c5n4)cc3n2)n1. The maximum absolute atomic E-state index is 12.5.